The molecule has 172 valence electrons. The number of β-lactam (4-membered cyclic amide) rings is 1. The van der Waals surface area contributed by atoms with Crippen molar-refractivity contribution in [2.75, 3.05) is 33.3 Å². The lowest BCUT2D eigenvalue weighted by molar-refractivity contribution is -0.385. The Bertz CT molecular complexity index is 1170. The molecule has 1 aliphatic heterocycles. The van der Waals surface area contributed by atoms with Crippen LogP contribution in [0.2, 0.25) is 0 Å². The standard InChI is InChI=1S/C23H22N2O7S/c1-29-16-8-7-13(10-15(16)25(27)28)21-20(19-6-5-9-33-19)23(26)24(21)14-11-17(30-2)22(32-4)18(12-14)31-3/h5-12,20-21H,1-4H3. The summed E-state index contributed by atoms with van der Waals surface area (Å²) in [5.41, 5.74) is 0.990. The predicted molar refractivity (Wildman–Crippen MR) is 123 cm³/mol. The van der Waals surface area contributed by atoms with Gasteiger partial charge in [0, 0.05) is 23.1 Å². The zero-order chi connectivity index (χ0) is 23.7. The zero-order valence-electron chi connectivity index (χ0n) is 18.4. The molecule has 0 bridgehead atoms. The third-order valence-electron chi connectivity index (χ3n) is 5.62. The number of carbonyl (C=O) groups excluding carboxylic acids is 1. The highest BCUT2D eigenvalue weighted by Crippen LogP contribution is 2.53. The molecule has 4 rings (SSSR count). The van der Waals surface area contributed by atoms with E-state index < -0.39 is 16.9 Å². The largest absolute Gasteiger partial charge is 0.493 e. The number of nitro groups is 1. The SMILES string of the molecule is COc1ccc(C2C(c3cccs3)C(=O)N2c2cc(OC)c(OC)c(OC)c2)cc1[N+](=O)[O-]. The van der Waals surface area contributed by atoms with Gasteiger partial charge in [-0.25, -0.2) is 0 Å². The van der Waals surface area contributed by atoms with Crippen molar-refractivity contribution in [2.24, 2.45) is 0 Å². The molecule has 2 unspecified atom stereocenters. The number of hydrogen-bond acceptors (Lipinski definition) is 8. The van der Waals surface area contributed by atoms with E-state index in [1.54, 1.807) is 29.2 Å². The fourth-order valence-electron chi connectivity index (χ4n) is 4.10. The molecule has 0 saturated carbocycles. The van der Waals surface area contributed by atoms with E-state index in [-0.39, 0.29) is 17.3 Å². The van der Waals surface area contributed by atoms with Crippen LogP contribution in [0, 0.1) is 10.1 Å². The molecule has 0 spiro atoms. The smallest absolute Gasteiger partial charge is 0.311 e. The van der Waals surface area contributed by atoms with Gasteiger partial charge >= 0.3 is 5.69 Å². The molecule has 0 N–H and O–H groups in total. The summed E-state index contributed by atoms with van der Waals surface area (Å²) in [5, 5.41) is 13.5. The fraction of sp³-hybridized carbons (Fsp3) is 0.261. The van der Waals surface area contributed by atoms with Crippen molar-refractivity contribution >= 4 is 28.6 Å². The second-order valence-corrected chi connectivity index (χ2v) is 8.20. The van der Waals surface area contributed by atoms with Gasteiger partial charge in [0.1, 0.15) is 0 Å². The number of amides is 1. The minimum absolute atomic E-state index is 0.129. The molecule has 1 amide bonds. The van der Waals surface area contributed by atoms with Gasteiger partial charge in [-0.05, 0) is 23.1 Å². The third-order valence-corrected chi connectivity index (χ3v) is 6.57. The van der Waals surface area contributed by atoms with Crippen LogP contribution in [-0.2, 0) is 4.79 Å². The first-order valence-electron chi connectivity index (χ1n) is 9.94. The highest BCUT2D eigenvalue weighted by Gasteiger charge is 2.51. The lowest BCUT2D eigenvalue weighted by atomic mass is 9.80. The number of nitrogens with zero attached hydrogens (tertiary/aromatic N) is 2. The second kappa shape index (κ2) is 8.99. The van der Waals surface area contributed by atoms with Crippen LogP contribution in [0.15, 0.2) is 47.8 Å². The minimum Gasteiger partial charge on any atom is -0.493 e. The summed E-state index contributed by atoms with van der Waals surface area (Å²) in [6.07, 6.45) is 0. The molecule has 10 heteroatoms. The van der Waals surface area contributed by atoms with Gasteiger partial charge in [-0.1, -0.05) is 12.1 Å². The summed E-state index contributed by atoms with van der Waals surface area (Å²) in [6, 6.07) is 11.4. The number of nitro benzene ring substituents is 1. The van der Waals surface area contributed by atoms with Crippen molar-refractivity contribution in [1.82, 2.24) is 0 Å². The Morgan fingerprint density at radius 3 is 2.12 bits per heavy atom. The van der Waals surface area contributed by atoms with Crippen LogP contribution in [0.25, 0.3) is 0 Å². The highest BCUT2D eigenvalue weighted by atomic mass is 32.1. The van der Waals surface area contributed by atoms with Gasteiger partial charge in [-0.15, -0.1) is 11.3 Å². The first-order valence-corrected chi connectivity index (χ1v) is 10.8. The van der Waals surface area contributed by atoms with E-state index in [1.165, 1.54) is 45.8 Å². The lowest BCUT2D eigenvalue weighted by Crippen LogP contribution is -2.53. The summed E-state index contributed by atoms with van der Waals surface area (Å²) in [6.45, 7) is 0. The van der Waals surface area contributed by atoms with Crippen LogP contribution in [-0.4, -0.2) is 39.3 Å². The highest BCUT2D eigenvalue weighted by molar-refractivity contribution is 7.10. The molecule has 2 heterocycles. The van der Waals surface area contributed by atoms with E-state index >= 15 is 0 Å². The Morgan fingerprint density at radius 1 is 0.939 bits per heavy atom. The van der Waals surface area contributed by atoms with E-state index in [0.717, 1.165) is 4.88 Å². The molecule has 0 radical (unpaired) electrons. The molecule has 1 aromatic heterocycles. The third kappa shape index (κ3) is 3.72. The molecule has 33 heavy (non-hydrogen) atoms. The maximum Gasteiger partial charge on any atom is 0.311 e. The van der Waals surface area contributed by atoms with Gasteiger partial charge < -0.3 is 23.8 Å². The van der Waals surface area contributed by atoms with Crippen LogP contribution in [0.1, 0.15) is 22.4 Å². The number of anilines is 1. The van der Waals surface area contributed by atoms with Gasteiger partial charge in [0.05, 0.1) is 51.0 Å². The monoisotopic (exact) mass is 470 g/mol. The number of benzene rings is 2. The fourth-order valence-corrected chi connectivity index (χ4v) is 4.95. The van der Waals surface area contributed by atoms with Gasteiger partial charge in [-0.3, -0.25) is 14.9 Å². The van der Waals surface area contributed by atoms with E-state index in [4.69, 9.17) is 18.9 Å². The maximum absolute atomic E-state index is 13.4. The number of methoxy groups -OCH3 is 4. The van der Waals surface area contributed by atoms with Crippen LogP contribution in [0.3, 0.4) is 0 Å². The second-order valence-electron chi connectivity index (χ2n) is 7.22. The molecule has 1 saturated heterocycles. The Morgan fingerprint density at radius 2 is 1.61 bits per heavy atom. The van der Waals surface area contributed by atoms with Gasteiger partial charge in [0.25, 0.3) is 0 Å². The van der Waals surface area contributed by atoms with E-state index in [2.05, 4.69) is 0 Å². The number of thiophene rings is 1. The Kier molecular flexibility index (Phi) is 6.10. The molecule has 2 aromatic carbocycles. The summed E-state index contributed by atoms with van der Waals surface area (Å²) in [4.78, 5) is 27.0. The summed E-state index contributed by atoms with van der Waals surface area (Å²) >= 11 is 1.47. The molecular formula is C23H22N2O7S. The maximum atomic E-state index is 13.4. The van der Waals surface area contributed by atoms with Crippen LogP contribution < -0.4 is 23.8 Å². The molecule has 1 fully saturated rings. The van der Waals surface area contributed by atoms with Gasteiger partial charge in [0.2, 0.25) is 11.7 Å². The predicted octanol–water partition coefficient (Wildman–Crippen LogP) is 4.56. The molecule has 1 aliphatic rings. The van der Waals surface area contributed by atoms with Crippen molar-refractivity contribution < 1.29 is 28.7 Å². The minimum atomic E-state index is -0.493. The van der Waals surface area contributed by atoms with E-state index in [9.17, 15) is 14.9 Å². The summed E-state index contributed by atoms with van der Waals surface area (Å²) < 4.78 is 21.4. The first-order chi connectivity index (χ1) is 15.9. The Balaban J connectivity index is 1.86. The van der Waals surface area contributed by atoms with Crippen molar-refractivity contribution in [2.45, 2.75) is 12.0 Å². The average Bonchev–Trinajstić information content (AvgIpc) is 3.35. The van der Waals surface area contributed by atoms with Crippen molar-refractivity contribution in [3.05, 3.63) is 68.4 Å². The van der Waals surface area contributed by atoms with Crippen LogP contribution in [0.4, 0.5) is 11.4 Å². The van der Waals surface area contributed by atoms with E-state index in [0.29, 0.717) is 28.5 Å². The Hall–Kier alpha value is -3.79. The van der Waals surface area contributed by atoms with Crippen LogP contribution in [0.5, 0.6) is 23.0 Å². The summed E-state index contributed by atoms with van der Waals surface area (Å²) in [5.74, 6) is 0.759. The molecular weight excluding hydrogens is 448 g/mol. The quantitative estimate of drug-likeness (QED) is 0.270. The normalized spacial score (nSPS) is 17.3. The average molecular weight is 471 g/mol. The number of rotatable bonds is 8. The van der Waals surface area contributed by atoms with E-state index in [1.807, 2.05) is 17.5 Å². The van der Waals surface area contributed by atoms with Gasteiger partial charge in [-0.2, -0.15) is 0 Å². The topological polar surface area (TPSA) is 100 Å². The zero-order valence-corrected chi connectivity index (χ0v) is 19.3. The van der Waals surface area contributed by atoms with Crippen molar-refractivity contribution in [3.8, 4) is 23.0 Å². The molecule has 9 nitrogen and oxygen atoms in total. The number of carbonyl (C=O) groups is 1. The molecule has 3 aromatic rings. The molecule has 0 aliphatic carbocycles. The number of hydrogen-bond donors (Lipinski definition) is 0. The molecule has 2 atom stereocenters. The summed E-state index contributed by atoms with van der Waals surface area (Å²) in [7, 11) is 5.88. The Labute approximate surface area is 194 Å². The van der Waals surface area contributed by atoms with Crippen molar-refractivity contribution in [3.63, 3.8) is 0 Å². The first kappa shape index (κ1) is 22.4. The number of ether oxygens (including phenoxy) is 4. The van der Waals surface area contributed by atoms with Crippen molar-refractivity contribution in [1.29, 1.82) is 0 Å². The van der Waals surface area contributed by atoms with Gasteiger partial charge in [0.15, 0.2) is 17.2 Å². The lowest BCUT2D eigenvalue weighted by Gasteiger charge is -2.47. The van der Waals surface area contributed by atoms with Crippen LogP contribution >= 0.6 is 11.3 Å².